The highest BCUT2D eigenvalue weighted by Gasteiger charge is 2.30. The van der Waals surface area contributed by atoms with E-state index in [0.29, 0.717) is 23.7 Å². The van der Waals surface area contributed by atoms with Gasteiger partial charge < -0.3 is 0 Å². The molecule has 0 radical (unpaired) electrons. The lowest BCUT2D eigenvalue weighted by molar-refractivity contribution is -0.137. The number of hydrogen-bond donors (Lipinski definition) is 0. The predicted molar refractivity (Wildman–Crippen MR) is 140 cm³/mol. The Balaban J connectivity index is 0.000000287. The van der Waals surface area contributed by atoms with Gasteiger partial charge in [0.25, 0.3) is 0 Å². The van der Waals surface area contributed by atoms with Gasteiger partial charge >= 0.3 is 6.18 Å². The zero-order valence-electron chi connectivity index (χ0n) is 21.8. The van der Waals surface area contributed by atoms with Crippen LogP contribution in [0, 0.1) is 0 Å². The van der Waals surface area contributed by atoms with Gasteiger partial charge in [-0.15, -0.1) is 0 Å². The fourth-order valence-corrected chi connectivity index (χ4v) is 4.19. The predicted octanol–water partition coefficient (Wildman–Crippen LogP) is 10.6. The Labute approximate surface area is 204 Å². The van der Waals surface area contributed by atoms with Gasteiger partial charge in [0.15, 0.2) is 0 Å². The lowest BCUT2D eigenvalue weighted by Crippen LogP contribution is -2.04. The molecule has 0 aliphatic heterocycles. The number of benzene rings is 3. The van der Waals surface area contributed by atoms with E-state index in [1.165, 1.54) is 34.4 Å². The van der Waals surface area contributed by atoms with Crippen LogP contribution in [0.4, 0.5) is 13.2 Å². The minimum absolute atomic E-state index is 0.381. The van der Waals surface area contributed by atoms with Crippen molar-refractivity contribution >= 4 is 0 Å². The Morgan fingerprint density at radius 1 is 0.471 bits per heavy atom. The summed E-state index contributed by atoms with van der Waals surface area (Å²) >= 11 is 0. The topological polar surface area (TPSA) is 0 Å². The van der Waals surface area contributed by atoms with Crippen molar-refractivity contribution in [1.82, 2.24) is 0 Å². The third kappa shape index (κ3) is 7.22. The van der Waals surface area contributed by atoms with Gasteiger partial charge in [-0.25, -0.2) is 0 Å². The van der Waals surface area contributed by atoms with Crippen LogP contribution >= 0.6 is 0 Å². The molecule has 0 aliphatic rings. The molecule has 184 valence electrons. The normalized spacial score (nSPS) is 11.9. The van der Waals surface area contributed by atoms with E-state index in [0.717, 1.165) is 23.3 Å². The summed E-state index contributed by atoms with van der Waals surface area (Å²) in [6.45, 7) is 17.6. The maximum absolute atomic E-state index is 12.6. The fourth-order valence-electron chi connectivity index (χ4n) is 4.19. The van der Waals surface area contributed by atoms with E-state index in [1.54, 1.807) is 0 Å². The van der Waals surface area contributed by atoms with Crippen LogP contribution in [0.1, 0.15) is 107 Å². The van der Waals surface area contributed by atoms with Gasteiger partial charge in [-0.2, -0.15) is 13.2 Å². The van der Waals surface area contributed by atoms with Crippen molar-refractivity contribution in [2.24, 2.45) is 0 Å². The van der Waals surface area contributed by atoms with E-state index in [2.05, 4.69) is 91.8 Å². The average molecular weight is 469 g/mol. The second-order valence-corrected chi connectivity index (χ2v) is 10.2. The van der Waals surface area contributed by atoms with Gasteiger partial charge in [0.1, 0.15) is 0 Å². The van der Waals surface area contributed by atoms with E-state index < -0.39 is 11.7 Å². The standard InChI is InChI=1S/C19H21F3.C12H18/c1-12(2)17-10-7-15(11-18(17)13(3)4)14-5-8-16(9-6-14)19(20,21)22;1-9(2)11-7-5-6-8-12(11)10(3)4/h5-13H,1-4H3;5-10H,1-4H3. The molecule has 3 aromatic rings. The first kappa shape index (κ1) is 27.7. The smallest absolute Gasteiger partial charge is 0.166 e. The first-order valence-corrected chi connectivity index (χ1v) is 12.2. The second-order valence-electron chi connectivity index (χ2n) is 10.2. The summed E-state index contributed by atoms with van der Waals surface area (Å²) < 4.78 is 37.9. The number of halogens is 3. The Bertz CT molecular complexity index is 1010. The minimum Gasteiger partial charge on any atom is -0.166 e. The largest absolute Gasteiger partial charge is 0.416 e. The molecule has 0 nitrogen and oxygen atoms in total. The van der Waals surface area contributed by atoms with Crippen LogP contribution in [0.2, 0.25) is 0 Å². The van der Waals surface area contributed by atoms with E-state index in [-0.39, 0.29) is 0 Å². The van der Waals surface area contributed by atoms with Crippen molar-refractivity contribution in [3.63, 3.8) is 0 Å². The Hall–Kier alpha value is -2.55. The van der Waals surface area contributed by atoms with Crippen molar-refractivity contribution in [3.8, 4) is 11.1 Å². The van der Waals surface area contributed by atoms with Crippen LogP contribution in [-0.2, 0) is 6.18 Å². The third-order valence-electron chi connectivity index (χ3n) is 6.12. The summed E-state index contributed by atoms with van der Waals surface area (Å²) in [5.41, 5.74) is 6.70. The average Bonchev–Trinajstić information content (AvgIpc) is 2.78. The molecule has 0 amide bonds. The Morgan fingerprint density at radius 3 is 1.24 bits per heavy atom. The number of rotatable bonds is 5. The van der Waals surface area contributed by atoms with E-state index in [4.69, 9.17) is 0 Å². The highest BCUT2D eigenvalue weighted by Crippen LogP contribution is 2.33. The highest BCUT2D eigenvalue weighted by molar-refractivity contribution is 5.65. The molecule has 0 fully saturated rings. The van der Waals surface area contributed by atoms with Gasteiger partial charge in [-0.1, -0.05) is 110 Å². The molecule has 0 heterocycles. The van der Waals surface area contributed by atoms with Gasteiger partial charge in [-0.05, 0) is 69.2 Å². The van der Waals surface area contributed by atoms with E-state index >= 15 is 0 Å². The number of hydrogen-bond acceptors (Lipinski definition) is 0. The Kier molecular flexibility index (Phi) is 9.55. The van der Waals surface area contributed by atoms with Crippen molar-refractivity contribution in [2.45, 2.75) is 85.2 Å². The maximum atomic E-state index is 12.6. The quantitative estimate of drug-likeness (QED) is 0.349. The zero-order valence-corrected chi connectivity index (χ0v) is 21.8. The highest BCUT2D eigenvalue weighted by atomic mass is 19.4. The molecular formula is C31H39F3. The summed E-state index contributed by atoms with van der Waals surface area (Å²) in [7, 11) is 0. The van der Waals surface area contributed by atoms with Gasteiger partial charge in [0, 0.05) is 0 Å². The lowest BCUT2D eigenvalue weighted by atomic mass is 9.88. The van der Waals surface area contributed by atoms with Crippen LogP contribution in [0.15, 0.2) is 66.7 Å². The van der Waals surface area contributed by atoms with Gasteiger partial charge in [-0.3, -0.25) is 0 Å². The molecule has 3 aromatic carbocycles. The molecular weight excluding hydrogens is 429 g/mol. The second kappa shape index (κ2) is 11.7. The SMILES string of the molecule is CC(C)c1ccc(-c2ccc(C(F)(F)F)cc2)cc1C(C)C.CC(C)c1ccccc1C(C)C. The van der Waals surface area contributed by atoms with Crippen molar-refractivity contribution in [2.75, 3.05) is 0 Å². The minimum atomic E-state index is -4.29. The summed E-state index contributed by atoms with van der Waals surface area (Å²) in [5, 5.41) is 0. The molecule has 0 spiro atoms. The van der Waals surface area contributed by atoms with Crippen molar-refractivity contribution in [3.05, 3.63) is 94.5 Å². The molecule has 3 heteroatoms. The zero-order chi connectivity index (χ0) is 25.6. The molecule has 0 atom stereocenters. The molecule has 34 heavy (non-hydrogen) atoms. The van der Waals surface area contributed by atoms with Crippen molar-refractivity contribution in [1.29, 1.82) is 0 Å². The molecule has 0 aliphatic carbocycles. The summed E-state index contributed by atoms with van der Waals surface area (Å²) in [4.78, 5) is 0. The summed E-state index contributed by atoms with van der Waals surface area (Å²) in [6, 6.07) is 20.3. The van der Waals surface area contributed by atoms with Crippen LogP contribution < -0.4 is 0 Å². The van der Waals surface area contributed by atoms with Crippen LogP contribution in [-0.4, -0.2) is 0 Å². The Morgan fingerprint density at radius 2 is 0.853 bits per heavy atom. The van der Waals surface area contributed by atoms with Crippen LogP contribution in [0.25, 0.3) is 11.1 Å². The fraction of sp³-hybridized carbons (Fsp3) is 0.419. The van der Waals surface area contributed by atoms with Crippen molar-refractivity contribution < 1.29 is 13.2 Å². The van der Waals surface area contributed by atoms with Gasteiger partial charge in [0.2, 0.25) is 0 Å². The lowest BCUT2D eigenvalue weighted by Gasteiger charge is -2.17. The van der Waals surface area contributed by atoms with Gasteiger partial charge in [0.05, 0.1) is 5.56 Å². The maximum Gasteiger partial charge on any atom is 0.416 e. The van der Waals surface area contributed by atoms with Crippen LogP contribution in [0.5, 0.6) is 0 Å². The van der Waals surface area contributed by atoms with E-state index in [9.17, 15) is 13.2 Å². The van der Waals surface area contributed by atoms with Crippen LogP contribution in [0.3, 0.4) is 0 Å². The molecule has 0 saturated heterocycles. The molecule has 0 bridgehead atoms. The molecule has 3 rings (SSSR count). The number of alkyl halides is 3. The third-order valence-corrected chi connectivity index (χ3v) is 6.12. The molecule has 0 saturated carbocycles. The molecule has 0 N–H and O–H groups in total. The monoisotopic (exact) mass is 468 g/mol. The first-order valence-electron chi connectivity index (χ1n) is 12.2. The molecule has 0 aromatic heterocycles. The summed E-state index contributed by atoms with van der Waals surface area (Å²) in [6.07, 6.45) is -4.29. The van der Waals surface area contributed by atoms with E-state index in [1.807, 2.05) is 6.07 Å². The summed E-state index contributed by atoms with van der Waals surface area (Å²) in [5.74, 6) is 2.10. The first-order chi connectivity index (χ1) is 15.8. The molecule has 0 unspecified atom stereocenters.